The van der Waals surface area contributed by atoms with E-state index in [1.165, 1.54) is 4.88 Å². The van der Waals surface area contributed by atoms with Gasteiger partial charge in [-0.1, -0.05) is 18.5 Å². The minimum absolute atomic E-state index is 0.147. The molecule has 0 bridgehead atoms. The summed E-state index contributed by atoms with van der Waals surface area (Å²) in [4.78, 5) is 16.6. The quantitative estimate of drug-likeness (QED) is 0.800. The second kappa shape index (κ2) is 7.92. The number of hydrogen-bond donors (Lipinski definition) is 1. The summed E-state index contributed by atoms with van der Waals surface area (Å²) in [6.45, 7) is 5.91. The summed E-state index contributed by atoms with van der Waals surface area (Å²) in [7, 11) is 0. The van der Waals surface area contributed by atoms with E-state index in [1.54, 1.807) is 11.3 Å². The smallest absolute Gasteiger partial charge is 0.317 e. The van der Waals surface area contributed by atoms with Gasteiger partial charge in [0.15, 0.2) is 0 Å². The van der Waals surface area contributed by atoms with Crippen molar-refractivity contribution < 1.29 is 9.90 Å². The van der Waals surface area contributed by atoms with Crippen molar-refractivity contribution in [3.8, 4) is 0 Å². The monoisotopic (exact) mass is 394 g/mol. The molecule has 1 aliphatic rings. The zero-order valence-electron chi connectivity index (χ0n) is 12.0. The van der Waals surface area contributed by atoms with Crippen LogP contribution in [0.25, 0.3) is 0 Å². The molecule has 0 aliphatic carbocycles. The summed E-state index contributed by atoms with van der Waals surface area (Å²) < 4.78 is 1.77. The number of carboxylic acids is 1. The van der Waals surface area contributed by atoms with Crippen LogP contribution in [0, 0.1) is 0 Å². The molecule has 2 heterocycles. The van der Waals surface area contributed by atoms with Gasteiger partial charge in [0.05, 0.1) is 6.54 Å². The van der Waals surface area contributed by atoms with E-state index in [9.17, 15) is 4.79 Å². The number of nitrogens with zero attached hydrogens (tertiary/aromatic N) is 2. The summed E-state index contributed by atoms with van der Waals surface area (Å²) >= 11 is 11.1. The Balaban J connectivity index is 1.83. The van der Waals surface area contributed by atoms with E-state index < -0.39 is 5.97 Å². The van der Waals surface area contributed by atoms with Crippen molar-refractivity contribution in [2.24, 2.45) is 0 Å². The number of likely N-dealkylation sites (tertiary alicyclic amines) is 1. The van der Waals surface area contributed by atoms with Crippen LogP contribution in [-0.4, -0.2) is 53.1 Å². The van der Waals surface area contributed by atoms with Crippen molar-refractivity contribution in [1.29, 1.82) is 0 Å². The summed E-state index contributed by atoms with van der Waals surface area (Å²) in [6.07, 6.45) is 2.06. The Morgan fingerprint density at radius 2 is 2.24 bits per heavy atom. The molecule has 0 spiro atoms. The average Bonchev–Trinajstić information content (AvgIpc) is 2.75. The van der Waals surface area contributed by atoms with Crippen molar-refractivity contribution in [2.75, 3.05) is 26.2 Å². The van der Waals surface area contributed by atoms with E-state index in [-0.39, 0.29) is 6.54 Å². The fourth-order valence-electron chi connectivity index (χ4n) is 2.81. The second-order valence-corrected chi connectivity index (χ2v) is 7.89. The number of thiophene rings is 1. The molecule has 21 heavy (non-hydrogen) atoms. The SMILES string of the molecule is CCN(CC(=O)O)C1CCN(Cc2cc(Br)c(Cl)s2)CC1. The van der Waals surface area contributed by atoms with Gasteiger partial charge in [-0.2, -0.15) is 0 Å². The molecule has 1 fully saturated rings. The van der Waals surface area contributed by atoms with Crippen molar-refractivity contribution in [3.05, 3.63) is 19.8 Å². The highest BCUT2D eigenvalue weighted by Crippen LogP contribution is 2.33. The van der Waals surface area contributed by atoms with Crippen LogP contribution in [0.2, 0.25) is 4.34 Å². The minimum atomic E-state index is -0.739. The van der Waals surface area contributed by atoms with Gasteiger partial charge in [0.1, 0.15) is 4.34 Å². The van der Waals surface area contributed by atoms with Crippen LogP contribution in [0.1, 0.15) is 24.6 Å². The Hall–Kier alpha value is -0.140. The van der Waals surface area contributed by atoms with Gasteiger partial charge in [0.2, 0.25) is 0 Å². The van der Waals surface area contributed by atoms with E-state index in [1.807, 2.05) is 6.92 Å². The molecule has 4 nitrogen and oxygen atoms in total. The van der Waals surface area contributed by atoms with Gasteiger partial charge in [-0.05, 0) is 41.4 Å². The molecule has 118 valence electrons. The number of aliphatic carboxylic acids is 1. The molecular weight excluding hydrogens is 376 g/mol. The van der Waals surface area contributed by atoms with Gasteiger partial charge in [-0.25, -0.2) is 0 Å². The molecule has 1 aliphatic heterocycles. The van der Waals surface area contributed by atoms with Gasteiger partial charge in [-0.15, -0.1) is 11.3 Å². The van der Waals surface area contributed by atoms with Crippen molar-refractivity contribution in [2.45, 2.75) is 32.4 Å². The maximum Gasteiger partial charge on any atom is 0.317 e. The second-order valence-electron chi connectivity index (χ2n) is 5.30. The van der Waals surface area contributed by atoms with Gasteiger partial charge in [0, 0.05) is 35.0 Å². The highest BCUT2D eigenvalue weighted by Gasteiger charge is 2.25. The Morgan fingerprint density at radius 3 is 2.71 bits per heavy atom. The number of carbonyl (C=O) groups is 1. The molecule has 0 atom stereocenters. The zero-order chi connectivity index (χ0) is 15.4. The molecule has 1 N–H and O–H groups in total. The van der Waals surface area contributed by atoms with Gasteiger partial charge >= 0.3 is 5.97 Å². The van der Waals surface area contributed by atoms with E-state index in [4.69, 9.17) is 16.7 Å². The van der Waals surface area contributed by atoms with Crippen LogP contribution in [0.3, 0.4) is 0 Å². The predicted molar refractivity (Wildman–Crippen MR) is 90.2 cm³/mol. The number of hydrogen-bond acceptors (Lipinski definition) is 4. The third kappa shape index (κ3) is 4.93. The normalized spacial score (nSPS) is 17.5. The lowest BCUT2D eigenvalue weighted by molar-refractivity contribution is -0.139. The van der Waals surface area contributed by atoms with E-state index in [0.717, 1.165) is 47.8 Å². The van der Waals surface area contributed by atoms with Crippen LogP contribution in [0.4, 0.5) is 0 Å². The summed E-state index contributed by atoms with van der Waals surface area (Å²) in [5, 5.41) is 8.95. The first-order valence-corrected chi connectivity index (χ1v) is 9.10. The fourth-order valence-corrected chi connectivity index (χ4v) is 4.64. The number of rotatable bonds is 6. The van der Waals surface area contributed by atoms with E-state index in [0.29, 0.717) is 6.04 Å². The van der Waals surface area contributed by atoms with Crippen LogP contribution < -0.4 is 0 Å². The van der Waals surface area contributed by atoms with E-state index in [2.05, 4.69) is 31.8 Å². The molecule has 0 aromatic carbocycles. The van der Waals surface area contributed by atoms with Crippen molar-refractivity contribution in [1.82, 2.24) is 9.80 Å². The standard InChI is InChI=1S/C14H20BrClN2O2S/c1-2-18(9-13(19)20)10-3-5-17(6-4-10)8-11-7-12(15)14(16)21-11/h7,10H,2-6,8-9H2,1H3,(H,19,20). The number of carboxylic acid groups (broad SMARTS) is 1. The Morgan fingerprint density at radius 1 is 1.57 bits per heavy atom. The summed E-state index contributed by atoms with van der Waals surface area (Å²) in [6, 6.07) is 2.48. The predicted octanol–water partition coefficient (Wildman–Crippen LogP) is 3.53. The minimum Gasteiger partial charge on any atom is -0.480 e. The molecule has 1 saturated heterocycles. The summed E-state index contributed by atoms with van der Waals surface area (Å²) in [5.74, 6) is -0.739. The first kappa shape index (κ1) is 17.2. The average molecular weight is 396 g/mol. The van der Waals surface area contributed by atoms with E-state index >= 15 is 0 Å². The van der Waals surface area contributed by atoms with Crippen LogP contribution >= 0.6 is 38.9 Å². The van der Waals surface area contributed by atoms with Crippen molar-refractivity contribution >= 4 is 44.8 Å². The molecule has 7 heteroatoms. The first-order chi connectivity index (χ1) is 9.99. The van der Waals surface area contributed by atoms with Crippen LogP contribution in [0.15, 0.2) is 10.5 Å². The maximum absolute atomic E-state index is 10.9. The molecule has 0 amide bonds. The summed E-state index contributed by atoms with van der Waals surface area (Å²) in [5.41, 5.74) is 0. The third-order valence-electron chi connectivity index (χ3n) is 3.89. The van der Waals surface area contributed by atoms with Crippen LogP contribution in [0.5, 0.6) is 0 Å². The van der Waals surface area contributed by atoms with Gasteiger partial charge in [-0.3, -0.25) is 14.6 Å². The Bertz CT molecular complexity index is 470. The van der Waals surface area contributed by atoms with Crippen LogP contribution in [-0.2, 0) is 11.3 Å². The van der Waals surface area contributed by atoms with Crippen molar-refractivity contribution in [3.63, 3.8) is 0 Å². The maximum atomic E-state index is 10.9. The number of likely N-dealkylation sites (N-methyl/N-ethyl adjacent to an activating group) is 1. The molecule has 0 unspecified atom stereocenters. The number of halogens is 2. The molecule has 1 aromatic heterocycles. The number of piperidine rings is 1. The van der Waals surface area contributed by atoms with Gasteiger partial charge in [0.25, 0.3) is 0 Å². The first-order valence-electron chi connectivity index (χ1n) is 7.11. The molecule has 0 saturated carbocycles. The lowest BCUT2D eigenvalue weighted by Crippen LogP contribution is -2.46. The highest BCUT2D eigenvalue weighted by atomic mass is 79.9. The zero-order valence-corrected chi connectivity index (χ0v) is 15.2. The Labute approximate surface area is 142 Å². The molecule has 1 aromatic rings. The lowest BCUT2D eigenvalue weighted by Gasteiger charge is -2.37. The lowest BCUT2D eigenvalue weighted by atomic mass is 10.0. The topological polar surface area (TPSA) is 43.8 Å². The third-order valence-corrected chi connectivity index (χ3v) is 6.35. The fraction of sp³-hybridized carbons (Fsp3) is 0.643. The highest BCUT2D eigenvalue weighted by molar-refractivity contribution is 9.10. The Kier molecular flexibility index (Phi) is 6.50. The van der Waals surface area contributed by atoms with Gasteiger partial charge < -0.3 is 5.11 Å². The molecule has 2 rings (SSSR count). The molecule has 0 radical (unpaired) electrons. The largest absolute Gasteiger partial charge is 0.480 e. The molecular formula is C14H20BrClN2O2S.